The summed E-state index contributed by atoms with van der Waals surface area (Å²) in [5.41, 5.74) is 0.962. The molecule has 1 aromatic carbocycles. The van der Waals surface area contributed by atoms with Crippen LogP contribution in [0.25, 0.3) is 0 Å². The highest BCUT2D eigenvalue weighted by Gasteiger charge is 2.28. The highest BCUT2D eigenvalue weighted by atomic mass is 32.1. The van der Waals surface area contributed by atoms with Crippen LogP contribution in [0.3, 0.4) is 0 Å². The zero-order chi connectivity index (χ0) is 16.3. The molecule has 1 amide bonds. The number of anilines is 1. The van der Waals surface area contributed by atoms with E-state index in [-0.39, 0.29) is 17.2 Å². The van der Waals surface area contributed by atoms with Crippen LogP contribution in [0.2, 0.25) is 0 Å². The first-order valence-corrected chi connectivity index (χ1v) is 8.80. The topological polar surface area (TPSA) is 66.9 Å². The minimum Gasteiger partial charge on any atom is -0.317 e. The molecule has 1 aromatic heterocycles. The number of hydrogen-bond donors (Lipinski definition) is 2. The molecular formula is C17H22N4OS. The maximum Gasteiger partial charge on any atom is 0.229 e. The molecule has 0 unspecified atom stereocenters. The van der Waals surface area contributed by atoms with Crippen molar-refractivity contribution in [3.05, 3.63) is 40.9 Å². The standard InChI is InChI=1S/C17H22N4OS/c1-17(2,13-6-4-3-5-7-13)15-20-21-16(23-15)19-14(22)12-8-10-18-11-9-12/h3-7,12,18H,8-11H2,1-2H3,(H,19,21,22). The lowest BCUT2D eigenvalue weighted by Crippen LogP contribution is -2.34. The van der Waals surface area contributed by atoms with Crippen molar-refractivity contribution in [3.8, 4) is 0 Å². The van der Waals surface area contributed by atoms with E-state index in [2.05, 4.69) is 46.8 Å². The predicted molar refractivity (Wildman–Crippen MR) is 92.7 cm³/mol. The molecule has 5 nitrogen and oxygen atoms in total. The molecule has 2 aromatic rings. The first-order valence-electron chi connectivity index (χ1n) is 7.98. The molecule has 6 heteroatoms. The van der Waals surface area contributed by atoms with Crippen LogP contribution in [0.4, 0.5) is 5.13 Å². The Hall–Kier alpha value is -1.79. The molecule has 0 saturated carbocycles. The average molecular weight is 330 g/mol. The maximum absolute atomic E-state index is 12.3. The van der Waals surface area contributed by atoms with E-state index >= 15 is 0 Å². The predicted octanol–water partition coefficient (Wildman–Crippen LogP) is 2.80. The summed E-state index contributed by atoms with van der Waals surface area (Å²) in [6, 6.07) is 10.2. The quantitative estimate of drug-likeness (QED) is 0.904. The van der Waals surface area contributed by atoms with Gasteiger partial charge in [-0.05, 0) is 45.3 Å². The summed E-state index contributed by atoms with van der Waals surface area (Å²) in [4.78, 5) is 12.3. The molecule has 1 saturated heterocycles. The molecule has 0 aliphatic carbocycles. The Kier molecular flexibility index (Phi) is 4.73. The van der Waals surface area contributed by atoms with Crippen LogP contribution >= 0.6 is 11.3 Å². The number of rotatable bonds is 4. The Morgan fingerprint density at radius 2 is 1.91 bits per heavy atom. The lowest BCUT2D eigenvalue weighted by molar-refractivity contribution is -0.120. The minimum absolute atomic E-state index is 0.0618. The Balaban J connectivity index is 1.71. The number of aromatic nitrogens is 2. The van der Waals surface area contributed by atoms with Gasteiger partial charge in [-0.1, -0.05) is 41.7 Å². The largest absolute Gasteiger partial charge is 0.317 e. The highest BCUT2D eigenvalue weighted by molar-refractivity contribution is 7.15. The van der Waals surface area contributed by atoms with E-state index in [9.17, 15) is 4.79 Å². The summed E-state index contributed by atoms with van der Waals surface area (Å²) in [7, 11) is 0. The number of hydrogen-bond acceptors (Lipinski definition) is 5. The number of carbonyl (C=O) groups excluding carboxylic acids is 1. The third-order valence-electron chi connectivity index (χ3n) is 4.40. The van der Waals surface area contributed by atoms with E-state index in [0.717, 1.165) is 30.9 Å². The van der Waals surface area contributed by atoms with Gasteiger partial charge in [-0.2, -0.15) is 0 Å². The van der Waals surface area contributed by atoms with E-state index in [1.165, 1.54) is 16.9 Å². The van der Waals surface area contributed by atoms with Gasteiger partial charge in [-0.25, -0.2) is 0 Å². The van der Waals surface area contributed by atoms with Gasteiger partial charge < -0.3 is 10.6 Å². The average Bonchev–Trinajstić information content (AvgIpc) is 3.06. The van der Waals surface area contributed by atoms with Gasteiger partial charge in [0, 0.05) is 11.3 Å². The van der Waals surface area contributed by atoms with Gasteiger partial charge >= 0.3 is 0 Å². The van der Waals surface area contributed by atoms with Crippen LogP contribution < -0.4 is 10.6 Å². The van der Waals surface area contributed by atoms with Crippen molar-refractivity contribution in [2.75, 3.05) is 18.4 Å². The summed E-state index contributed by atoms with van der Waals surface area (Å²) in [5.74, 6) is 0.137. The van der Waals surface area contributed by atoms with Gasteiger partial charge in [0.25, 0.3) is 0 Å². The Bertz CT molecular complexity index is 662. The Labute approximate surface area is 140 Å². The van der Waals surface area contributed by atoms with Crippen LogP contribution in [0.1, 0.15) is 37.3 Å². The van der Waals surface area contributed by atoms with Crippen molar-refractivity contribution in [2.24, 2.45) is 5.92 Å². The Morgan fingerprint density at radius 1 is 1.22 bits per heavy atom. The zero-order valence-corrected chi connectivity index (χ0v) is 14.3. The van der Waals surface area contributed by atoms with E-state index in [4.69, 9.17) is 0 Å². The van der Waals surface area contributed by atoms with Gasteiger partial charge in [-0.15, -0.1) is 10.2 Å². The fraction of sp³-hybridized carbons (Fsp3) is 0.471. The molecule has 2 heterocycles. The van der Waals surface area contributed by atoms with Crippen LogP contribution in [0.15, 0.2) is 30.3 Å². The molecule has 122 valence electrons. The molecule has 0 bridgehead atoms. The van der Waals surface area contributed by atoms with Gasteiger partial charge in [0.1, 0.15) is 5.01 Å². The first kappa shape index (κ1) is 16.1. The molecular weight excluding hydrogens is 308 g/mol. The van der Waals surface area contributed by atoms with Crippen molar-refractivity contribution in [3.63, 3.8) is 0 Å². The number of nitrogens with zero attached hydrogens (tertiary/aromatic N) is 2. The smallest absolute Gasteiger partial charge is 0.229 e. The number of piperidine rings is 1. The molecule has 0 atom stereocenters. The number of carbonyl (C=O) groups is 1. The van der Waals surface area contributed by atoms with Gasteiger partial charge in [-0.3, -0.25) is 4.79 Å². The molecule has 2 N–H and O–H groups in total. The van der Waals surface area contributed by atoms with E-state index < -0.39 is 0 Å². The summed E-state index contributed by atoms with van der Waals surface area (Å²) in [6.45, 7) is 6.06. The normalized spacial score (nSPS) is 16.3. The second-order valence-electron chi connectivity index (χ2n) is 6.42. The summed E-state index contributed by atoms with van der Waals surface area (Å²) < 4.78 is 0. The number of amides is 1. The van der Waals surface area contributed by atoms with Crippen molar-refractivity contribution < 1.29 is 4.79 Å². The highest BCUT2D eigenvalue weighted by Crippen LogP contribution is 2.34. The first-order chi connectivity index (χ1) is 11.1. The summed E-state index contributed by atoms with van der Waals surface area (Å²) in [5, 5.41) is 16.2. The summed E-state index contributed by atoms with van der Waals surface area (Å²) >= 11 is 1.46. The molecule has 3 rings (SSSR count). The number of nitrogens with one attached hydrogen (secondary N) is 2. The SMILES string of the molecule is CC(C)(c1ccccc1)c1nnc(NC(=O)C2CCNCC2)s1. The van der Waals surface area contributed by atoms with Crippen LogP contribution in [0, 0.1) is 5.92 Å². The summed E-state index contributed by atoms with van der Waals surface area (Å²) in [6.07, 6.45) is 1.76. The molecule has 0 spiro atoms. The van der Waals surface area contributed by atoms with Gasteiger partial charge in [0.15, 0.2) is 0 Å². The van der Waals surface area contributed by atoms with Crippen molar-refractivity contribution >= 4 is 22.4 Å². The fourth-order valence-electron chi connectivity index (χ4n) is 2.80. The molecule has 1 aliphatic rings. The van der Waals surface area contributed by atoms with Crippen LogP contribution in [-0.4, -0.2) is 29.2 Å². The second-order valence-corrected chi connectivity index (χ2v) is 7.39. The lowest BCUT2D eigenvalue weighted by Gasteiger charge is -2.22. The third kappa shape index (κ3) is 3.59. The molecule has 23 heavy (non-hydrogen) atoms. The van der Waals surface area contributed by atoms with Crippen LogP contribution in [-0.2, 0) is 10.2 Å². The number of benzene rings is 1. The van der Waals surface area contributed by atoms with Gasteiger partial charge in [0.2, 0.25) is 11.0 Å². The van der Waals surface area contributed by atoms with Crippen molar-refractivity contribution in [1.82, 2.24) is 15.5 Å². The maximum atomic E-state index is 12.3. The lowest BCUT2D eigenvalue weighted by atomic mass is 9.85. The Morgan fingerprint density at radius 3 is 2.61 bits per heavy atom. The minimum atomic E-state index is -0.226. The van der Waals surface area contributed by atoms with Crippen LogP contribution in [0.5, 0.6) is 0 Å². The van der Waals surface area contributed by atoms with Crippen molar-refractivity contribution in [1.29, 1.82) is 0 Å². The zero-order valence-electron chi connectivity index (χ0n) is 13.5. The second kappa shape index (κ2) is 6.76. The van der Waals surface area contributed by atoms with E-state index in [1.54, 1.807) is 0 Å². The van der Waals surface area contributed by atoms with Gasteiger partial charge in [0.05, 0.1) is 0 Å². The monoisotopic (exact) mass is 330 g/mol. The molecule has 0 radical (unpaired) electrons. The van der Waals surface area contributed by atoms with E-state index in [1.807, 2.05) is 18.2 Å². The third-order valence-corrected chi connectivity index (χ3v) is 5.56. The molecule has 1 fully saturated rings. The van der Waals surface area contributed by atoms with Crippen molar-refractivity contribution in [2.45, 2.75) is 32.1 Å². The molecule has 1 aliphatic heterocycles. The fourth-order valence-corrected chi connectivity index (χ4v) is 3.67. The van der Waals surface area contributed by atoms with E-state index in [0.29, 0.717) is 5.13 Å².